The highest BCUT2D eigenvalue weighted by Crippen LogP contribution is 2.17. The first-order valence-electron chi connectivity index (χ1n) is 4.80. The monoisotopic (exact) mass is 233 g/mol. The van der Waals surface area contributed by atoms with Gasteiger partial charge in [-0.2, -0.15) is 11.8 Å². The van der Waals surface area contributed by atoms with E-state index < -0.39 is 18.1 Å². The molecule has 0 radical (unpaired) electrons. The summed E-state index contributed by atoms with van der Waals surface area (Å²) in [7, 11) is 0. The van der Waals surface area contributed by atoms with Gasteiger partial charge in [0.2, 0.25) is 0 Å². The van der Waals surface area contributed by atoms with Crippen molar-refractivity contribution in [1.29, 1.82) is 0 Å². The number of hydrogen-bond donors (Lipinski definition) is 1. The lowest BCUT2D eigenvalue weighted by atomic mass is 10.3. The third-order valence-electron chi connectivity index (χ3n) is 1.98. The summed E-state index contributed by atoms with van der Waals surface area (Å²) in [4.78, 5) is 23.7. The molecule has 0 aromatic rings. The van der Waals surface area contributed by atoms with E-state index in [1.54, 1.807) is 25.6 Å². The second kappa shape index (κ2) is 5.25. The molecule has 86 valence electrons. The molecular weight excluding hydrogens is 218 g/mol. The average Bonchev–Trinajstić information content (AvgIpc) is 2.16. The molecule has 0 saturated carbocycles. The van der Waals surface area contributed by atoms with E-state index in [9.17, 15) is 9.59 Å². The van der Waals surface area contributed by atoms with E-state index in [0.717, 1.165) is 5.75 Å². The largest absolute Gasteiger partial charge is 0.480 e. The Morgan fingerprint density at radius 1 is 1.53 bits per heavy atom. The zero-order valence-electron chi connectivity index (χ0n) is 8.80. The lowest BCUT2D eigenvalue weighted by molar-refractivity contribution is -0.142. The molecule has 5 nitrogen and oxygen atoms in total. The van der Waals surface area contributed by atoms with Gasteiger partial charge in [-0.15, -0.1) is 0 Å². The fourth-order valence-electron chi connectivity index (χ4n) is 1.30. The maximum atomic E-state index is 11.6. The van der Waals surface area contributed by atoms with Gasteiger partial charge in [0.1, 0.15) is 6.04 Å². The van der Waals surface area contributed by atoms with Crippen molar-refractivity contribution >= 4 is 23.8 Å². The summed E-state index contributed by atoms with van der Waals surface area (Å²) in [6, 6.07) is -0.755. The van der Waals surface area contributed by atoms with Crippen LogP contribution in [0.2, 0.25) is 0 Å². The maximum Gasteiger partial charge on any atom is 0.410 e. The summed E-state index contributed by atoms with van der Waals surface area (Å²) in [5.74, 6) is 0.224. The van der Waals surface area contributed by atoms with Gasteiger partial charge in [0, 0.05) is 18.1 Å². The van der Waals surface area contributed by atoms with E-state index in [1.165, 1.54) is 4.90 Å². The smallest absolute Gasteiger partial charge is 0.410 e. The highest BCUT2D eigenvalue weighted by Gasteiger charge is 2.33. The third-order valence-corrected chi connectivity index (χ3v) is 3.01. The molecule has 1 saturated heterocycles. The molecule has 1 aliphatic heterocycles. The van der Waals surface area contributed by atoms with Crippen LogP contribution in [0.25, 0.3) is 0 Å². The molecular formula is C9H15NO4S. The summed E-state index contributed by atoms with van der Waals surface area (Å²) in [5.41, 5.74) is 0. The van der Waals surface area contributed by atoms with Gasteiger partial charge in [0.05, 0.1) is 6.10 Å². The first-order chi connectivity index (χ1) is 7.02. The summed E-state index contributed by atoms with van der Waals surface area (Å²) in [5, 5.41) is 8.93. The molecule has 0 spiro atoms. The van der Waals surface area contributed by atoms with Crippen LogP contribution in [-0.4, -0.2) is 52.3 Å². The van der Waals surface area contributed by atoms with Crippen molar-refractivity contribution in [2.75, 3.05) is 18.1 Å². The summed E-state index contributed by atoms with van der Waals surface area (Å²) in [6.07, 6.45) is -0.751. The van der Waals surface area contributed by atoms with Gasteiger partial charge in [-0.3, -0.25) is 4.90 Å². The normalized spacial score (nSPS) is 21.5. The van der Waals surface area contributed by atoms with Crippen molar-refractivity contribution in [3.05, 3.63) is 0 Å². The van der Waals surface area contributed by atoms with E-state index >= 15 is 0 Å². The molecule has 1 N–H and O–H groups in total. The molecule has 15 heavy (non-hydrogen) atoms. The van der Waals surface area contributed by atoms with Gasteiger partial charge in [0.15, 0.2) is 0 Å². The molecule has 0 bridgehead atoms. The van der Waals surface area contributed by atoms with Gasteiger partial charge < -0.3 is 9.84 Å². The average molecular weight is 233 g/mol. The van der Waals surface area contributed by atoms with Crippen molar-refractivity contribution in [2.45, 2.75) is 26.0 Å². The predicted octanol–water partition coefficient (Wildman–Crippen LogP) is 1.03. The quantitative estimate of drug-likeness (QED) is 0.771. The number of carboxylic acids is 1. The molecule has 1 unspecified atom stereocenters. The highest BCUT2D eigenvalue weighted by atomic mass is 32.2. The van der Waals surface area contributed by atoms with E-state index in [0.29, 0.717) is 12.3 Å². The van der Waals surface area contributed by atoms with Crippen LogP contribution < -0.4 is 0 Å². The van der Waals surface area contributed by atoms with Crippen molar-refractivity contribution in [3.8, 4) is 0 Å². The fraction of sp³-hybridized carbons (Fsp3) is 0.778. The highest BCUT2D eigenvalue weighted by molar-refractivity contribution is 7.99. The number of carbonyl (C=O) groups excluding carboxylic acids is 1. The van der Waals surface area contributed by atoms with E-state index in [2.05, 4.69) is 0 Å². The van der Waals surface area contributed by atoms with Gasteiger partial charge in [-0.1, -0.05) is 0 Å². The Balaban J connectivity index is 2.63. The number of nitrogens with zero attached hydrogens (tertiary/aromatic N) is 1. The van der Waals surface area contributed by atoms with E-state index in [-0.39, 0.29) is 6.10 Å². The van der Waals surface area contributed by atoms with Crippen molar-refractivity contribution in [3.63, 3.8) is 0 Å². The van der Waals surface area contributed by atoms with Gasteiger partial charge in [-0.25, -0.2) is 9.59 Å². The van der Waals surface area contributed by atoms with Gasteiger partial charge >= 0.3 is 12.1 Å². The third kappa shape index (κ3) is 3.30. The van der Waals surface area contributed by atoms with Gasteiger partial charge in [0.25, 0.3) is 0 Å². The predicted molar refractivity (Wildman–Crippen MR) is 57.1 cm³/mol. The number of hydrogen-bond acceptors (Lipinski definition) is 4. The SMILES string of the molecule is CC(C)OC(=O)N1CCSCC1C(=O)O. The number of thioether (sulfide) groups is 1. The molecule has 6 heteroatoms. The lowest BCUT2D eigenvalue weighted by Crippen LogP contribution is -2.50. The van der Waals surface area contributed by atoms with Gasteiger partial charge in [-0.05, 0) is 13.8 Å². The van der Waals surface area contributed by atoms with Crippen molar-refractivity contribution < 1.29 is 19.4 Å². The first-order valence-corrected chi connectivity index (χ1v) is 5.95. The minimum Gasteiger partial charge on any atom is -0.480 e. The topological polar surface area (TPSA) is 66.8 Å². The molecule has 1 rings (SSSR count). The molecule has 1 heterocycles. The Bertz CT molecular complexity index is 256. The lowest BCUT2D eigenvalue weighted by Gasteiger charge is -2.32. The van der Waals surface area contributed by atoms with E-state index in [1.807, 2.05) is 0 Å². The van der Waals surface area contributed by atoms with Crippen molar-refractivity contribution in [1.82, 2.24) is 4.90 Å². The van der Waals surface area contributed by atoms with Crippen LogP contribution in [0.3, 0.4) is 0 Å². The Hall–Kier alpha value is -0.910. The summed E-state index contributed by atoms with van der Waals surface area (Å²) < 4.78 is 4.98. The maximum absolute atomic E-state index is 11.6. The van der Waals surface area contributed by atoms with Crippen molar-refractivity contribution in [2.24, 2.45) is 0 Å². The van der Waals surface area contributed by atoms with Crippen LogP contribution in [0.15, 0.2) is 0 Å². The van der Waals surface area contributed by atoms with Crippen LogP contribution >= 0.6 is 11.8 Å². The Kier molecular flexibility index (Phi) is 4.26. The van der Waals surface area contributed by atoms with Crippen LogP contribution in [0, 0.1) is 0 Å². The molecule has 1 amide bonds. The minimum atomic E-state index is -0.970. The second-order valence-electron chi connectivity index (χ2n) is 3.55. The molecule has 0 aromatic heterocycles. The minimum absolute atomic E-state index is 0.221. The molecule has 0 aliphatic carbocycles. The van der Waals surface area contributed by atoms with Crippen LogP contribution in [0.1, 0.15) is 13.8 Å². The fourth-order valence-corrected chi connectivity index (χ4v) is 2.33. The zero-order chi connectivity index (χ0) is 11.4. The molecule has 1 atom stereocenters. The molecule has 1 aliphatic rings. The number of ether oxygens (including phenoxy) is 1. The van der Waals surface area contributed by atoms with Crippen LogP contribution in [0.4, 0.5) is 4.79 Å². The summed E-state index contributed by atoms with van der Waals surface area (Å²) >= 11 is 1.54. The Morgan fingerprint density at radius 2 is 2.20 bits per heavy atom. The number of amides is 1. The van der Waals surface area contributed by atoms with Crippen LogP contribution in [-0.2, 0) is 9.53 Å². The second-order valence-corrected chi connectivity index (χ2v) is 4.70. The molecule has 0 aromatic carbocycles. The Morgan fingerprint density at radius 3 is 2.73 bits per heavy atom. The van der Waals surface area contributed by atoms with Crippen LogP contribution in [0.5, 0.6) is 0 Å². The molecule has 1 fully saturated rings. The number of aliphatic carboxylic acids is 1. The number of carbonyl (C=O) groups is 2. The first kappa shape index (κ1) is 12.2. The van der Waals surface area contributed by atoms with E-state index in [4.69, 9.17) is 9.84 Å². The summed E-state index contributed by atoms with van der Waals surface area (Å²) in [6.45, 7) is 3.92. The number of rotatable bonds is 2. The zero-order valence-corrected chi connectivity index (χ0v) is 9.62. The Labute approximate surface area is 92.8 Å². The standard InChI is InChI=1S/C9H15NO4S/c1-6(2)14-9(13)10-3-4-15-5-7(10)8(11)12/h6-7H,3-5H2,1-2H3,(H,11,12). The number of carboxylic acid groups (broad SMARTS) is 1.